The smallest absolute Gasteiger partial charge is 0.240 e. The van der Waals surface area contributed by atoms with Crippen molar-refractivity contribution in [3.8, 4) is 0 Å². The highest BCUT2D eigenvalue weighted by atomic mass is 32.1. The molecule has 0 unspecified atom stereocenters. The summed E-state index contributed by atoms with van der Waals surface area (Å²) in [5.41, 5.74) is 7.24. The summed E-state index contributed by atoms with van der Waals surface area (Å²) < 4.78 is 0. The molecule has 4 heteroatoms. The summed E-state index contributed by atoms with van der Waals surface area (Å²) >= 11 is 1.68. The molecule has 2 rings (SSSR count). The van der Waals surface area contributed by atoms with Crippen LogP contribution in [0.25, 0.3) is 0 Å². The van der Waals surface area contributed by atoms with Crippen molar-refractivity contribution < 1.29 is 4.79 Å². The molecule has 1 heterocycles. The van der Waals surface area contributed by atoms with Crippen molar-refractivity contribution in [2.45, 2.75) is 51.7 Å². The maximum atomic E-state index is 12.4. The number of thiophene rings is 1. The Morgan fingerprint density at radius 3 is 2.78 bits per heavy atom. The Balaban J connectivity index is 1.98. The largest absolute Gasteiger partial charge is 0.334 e. The topological polar surface area (TPSA) is 46.3 Å². The molecule has 1 fully saturated rings. The summed E-state index contributed by atoms with van der Waals surface area (Å²) in [5.74, 6) is 0.587. The summed E-state index contributed by atoms with van der Waals surface area (Å²) in [6.07, 6.45) is 3.03. The van der Waals surface area contributed by atoms with Crippen molar-refractivity contribution in [2.24, 2.45) is 11.7 Å². The number of rotatable bonds is 6. The first-order chi connectivity index (χ1) is 8.58. The molecule has 1 aliphatic rings. The zero-order chi connectivity index (χ0) is 13.1. The zero-order valence-corrected chi connectivity index (χ0v) is 12.0. The lowest BCUT2D eigenvalue weighted by Gasteiger charge is -2.26. The molecule has 1 aromatic rings. The van der Waals surface area contributed by atoms with Crippen molar-refractivity contribution >= 4 is 17.2 Å². The average molecular weight is 266 g/mol. The molecule has 1 saturated carbocycles. The van der Waals surface area contributed by atoms with Gasteiger partial charge in [0.15, 0.2) is 0 Å². The normalized spacial score (nSPS) is 16.9. The van der Waals surface area contributed by atoms with Gasteiger partial charge in [0.1, 0.15) is 0 Å². The van der Waals surface area contributed by atoms with E-state index in [-0.39, 0.29) is 11.9 Å². The van der Waals surface area contributed by atoms with Crippen LogP contribution in [0.2, 0.25) is 0 Å². The molecule has 0 saturated heterocycles. The predicted octanol–water partition coefficient (Wildman–Crippen LogP) is 2.61. The molecule has 100 valence electrons. The summed E-state index contributed by atoms with van der Waals surface area (Å²) in [6.45, 7) is 4.93. The molecule has 0 radical (unpaired) electrons. The van der Waals surface area contributed by atoms with Gasteiger partial charge >= 0.3 is 0 Å². The number of carbonyl (C=O) groups is 1. The van der Waals surface area contributed by atoms with Crippen LogP contribution in [0.4, 0.5) is 0 Å². The van der Waals surface area contributed by atoms with Gasteiger partial charge in [-0.2, -0.15) is 11.3 Å². The van der Waals surface area contributed by atoms with Gasteiger partial charge in [-0.3, -0.25) is 4.79 Å². The Labute approximate surface area is 113 Å². The fourth-order valence-electron chi connectivity index (χ4n) is 2.17. The zero-order valence-electron chi connectivity index (χ0n) is 11.1. The van der Waals surface area contributed by atoms with Gasteiger partial charge in [-0.05, 0) is 47.6 Å². The monoisotopic (exact) mass is 266 g/mol. The second-order valence-electron chi connectivity index (χ2n) is 5.56. The molecule has 1 atom stereocenters. The van der Waals surface area contributed by atoms with Crippen LogP contribution in [0.1, 0.15) is 38.7 Å². The van der Waals surface area contributed by atoms with E-state index in [9.17, 15) is 4.79 Å². The van der Waals surface area contributed by atoms with E-state index in [1.165, 1.54) is 5.56 Å². The van der Waals surface area contributed by atoms with Gasteiger partial charge in [0, 0.05) is 12.6 Å². The first kappa shape index (κ1) is 13.6. The fourth-order valence-corrected chi connectivity index (χ4v) is 2.83. The third-order valence-electron chi connectivity index (χ3n) is 3.25. The van der Waals surface area contributed by atoms with Crippen LogP contribution in [0.3, 0.4) is 0 Å². The molecular weight excluding hydrogens is 244 g/mol. The Hall–Kier alpha value is -0.870. The van der Waals surface area contributed by atoms with Gasteiger partial charge in [-0.25, -0.2) is 0 Å². The summed E-state index contributed by atoms with van der Waals surface area (Å²) in [6, 6.07) is 2.17. The van der Waals surface area contributed by atoms with Crippen LogP contribution in [0, 0.1) is 5.92 Å². The predicted molar refractivity (Wildman–Crippen MR) is 75.3 cm³/mol. The highest BCUT2D eigenvalue weighted by molar-refractivity contribution is 7.07. The van der Waals surface area contributed by atoms with Crippen molar-refractivity contribution in [1.29, 1.82) is 0 Å². The van der Waals surface area contributed by atoms with Crippen LogP contribution in [0.5, 0.6) is 0 Å². The van der Waals surface area contributed by atoms with Gasteiger partial charge in [0.2, 0.25) is 5.91 Å². The first-order valence-corrected chi connectivity index (χ1v) is 7.59. The lowest BCUT2D eigenvalue weighted by Crippen LogP contribution is -2.45. The molecule has 1 aliphatic carbocycles. The van der Waals surface area contributed by atoms with Crippen molar-refractivity contribution in [3.63, 3.8) is 0 Å². The molecule has 0 aromatic carbocycles. The SMILES string of the molecule is CC(C)C[C@H](N)C(=O)N(Cc1ccsc1)C1CC1. The van der Waals surface area contributed by atoms with Crippen molar-refractivity contribution in [3.05, 3.63) is 22.4 Å². The molecular formula is C14H22N2OS. The molecule has 1 aromatic heterocycles. The van der Waals surface area contributed by atoms with E-state index in [0.717, 1.165) is 25.8 Å². The van der Waals surface area contributed by atoms with E-state index in [1.54, 1.807) is 11.3 Å². The Bertz CT molecular complexity index is 385. The average Bonchev–Trinajstić information content (AvgIpc) is 3.02. The van der Waals surface area contributed by atoms with Gasteiger partial charge in [0.25, 0.3) is 0 Å². The minimum Gasteiger partial charge on any atom is -0.334 e. The Morgan fingerprint density at radius 2 is 2.28 bits per heavy atom. The highest BCUT2D eigenvalue weighted by Gasteiger charge is 2.34. The third-order valence-corrected chi connectivity index (χ3v) is 3.98. The van der Waals surface area contributed by atoms with E-state index in [2.05, 4.69) is 30.7 Å². The fraction of sp³-hybridized carbons (Fsp3) is 0.643. The standard InChI is InChI=1S/C14H22N2OS/c1-10(2)7-13(15)14(17)16(12-3-4-12)8-11-5-6-18-9-11/h5-6,9-10,12-13H,3-4,7-8,15H2,1-2H3/t13-/m0/s1. The molecule has 0 spiro atoms. The van der Waals surface area contributed by atoms with E-state index in [0.29, 0.717) is 12.0 Å². The van der Waals surface area contributed by atoms with E-state index >= 15 is 0 Å². The van der Waals surface area contributed by atoms with E-state index in [4.69, 9.17) is 5.73 Å². The minimum absolute atomic E-state index is 0.123. The van der Waals surface area contributed by atoms with E-state index < -0.39 is 0 Å². The van der Waals surface area contributed by atoms with Gasteiger partial charge in [0.05, 0.1) is 6.04 Å². The first-order valence-electron chi connectivity index (χ1n) is 6.65. The number of carbonyl (C=O) groups excluding carboxylic acids is 1. The summed E-state index contributed by atoms with van der Waals surface area (Å²) in [7, 11) is 0. The molecule has 0 aliphatic heterocycles. The Kier molecular flexibility index (Phi) is 4.40. The molecule has 1 amide bonds. The van der Waals surface area contributed by atoms with Crippen LogP contribution in [-0.2, 0) is 11.3 Å². The minimum atomic E-state index is -0.343. The maximum Gasteiger partial charge on any atom is 0.240 e. The van der Waals surface area contributed by atoms with Gasteiger partial charge < -0.3 is 10.6 Å². The molecule has 0 bridgehead atoms. The molecule has 2 N–H and O–H groups in total. The lowest BCUT2D eigenvalue weighted by atomic mass is 10.0. The van der Waals surface area contributed by atoms with Crippen molar-refractivity contribution in [2.75, 3.05) is 0 Å². The Morgan fingerprint density at radius 1 is 1.56 bits per heavy atom. The second kappa shape index (κ2) is 5.85. The summed E-state index contributed by atoms with van der Waals surface area (Å²) in [5, 5.41) is 4.16. The summed E-state index contributed by atoms with van der Waals surface area (Å²) in [4.78, 5) is 14.4. The number of nitrogens with zero attached hydrogens (tertiary/aromatic N) is 1. The second-order valence-corrected chi connectivity index (χ2v) is 6.34. The van der Waals surface area contributed by atoms with Gasteiger partial charge in [-0.1, -0.05) is 13.8 Å². The number of nitrogens with two attached hydrogens (primary N) is 1. The quantitative estimate of drug-likeness (QED) is 0.860. The molecule has 18 heavy (non-hydrogen) atoms. The highest BCUT2D eigenvalue weighted by Crippen LogP contribution is 2.29. The van der Waals surface area contributed by atoms with Crippen LogP contribution >= 0.6 is 11.3 Å². The van der Waals surface area contributed by atoms with Crippen LogP contribution < -0.4 is 5.73 Å². The van der Waals surface area contributed by atoms with Gasteiger partial charge in [-0.15, -0.1) is 0 Å². The number of hydrogen-bond donors (Lipinski definition) is 1. The van der Waals surface area contributed by atoms with Crippen LogP contribution in [0.15, 0.2) is 16.8 Å². The van der Waals surface area contributed by atoms with Crippen LogP contribution in [-0.4, -0.2) is 22.9 Å². The lowest BCUT2D eigenvalue weighted by molar-refractivity contribution is -0.134. The molecule has 3 nitrogen and oxygen atoms in total. The number of amides is 1. The maximum absolute atomic E-state index is 12.4. The number of hydrogen-bond acceptors (Lipinski definition) is 3. The third kappa shape index (κ3) is 3.56. The van der Waals surface area contributed by atoms with Crippen molar-refractivity contribution in [1.82, 2.24) is 4.90 Å². The van der Waals surface area contributed by atoms with E-state index in [1.807, 2.05) is 4.90 Å².